The molecular formula is C27H28F3N5O2. The lowest BCUT2D eigenvalue weighted by molar-refractivity contribution is -0.137. The van der Waals surface area contributed by atoms with Gasteiger partial charge in [0.15, 0.2) is 5.96 Å². The molecule has 0 bridgehead atoms. The number of hydrogen-bond donors (Lipinski definition) is 3. The molecule has 0 aromatic heterocycles. The Bertz CT molecular complexity index is 1330. The molecule has 0 radical (unpaired) electrons. The van der Waals surface area contributed by atoms with Crippen LogP contribution in [0.15, 0.2) is 71.3 Å². The SMILES string of the molecule is C=CC(=NC(=C)C)NC(=O)c1cc(C#Cc2cc(C(=O)N=C(N)N)cc(C(F)(F)F)c2)ccc1C.CC. The number of allylic oxidation sites excluding steroid dienone is 1. The van der Waals surface area contributed by atoms with Gasteiger partial charge in [-0.1, -0.05) is 44.9 Å². The number of benzene rings is 2. The van der Waals surface area contributed by atoms with Crippen LogP contribution in [0.4, 0.5) is 13.2 Å². The first-order valence-corrected chi connectivity index (χ1v) is 11.0. The van der Waals surface area contributed by atoms with Crippen molar-refractivity contribution in [3.05, 3.63) is 94.7 Å². The van der Waals surface area contributed by atoms with Crippen LogP contribution >= 0.6 is 0 Å². The summed E-state index contributed by atoms with van der Waals surface area (Å²) < 4.78 is 40.0. The third-order valence-corrected chi connectivity index (χ3v) is 4.32. The van der Waals surface area contributed by atoms with Gasteiger partial charge in [0, 0.05) is 28.0 Å². The van der Waals surface area contributed by atoms with Crippen LogP contribution in [0.1, 0.15) is 63.7 Å². The van der Waals surface area contributed by atoms with Crippen molar-refractivity contribution in [3.63, 3.8) is 0 Å². The Balaban J connectivity index is 0.00000334. The zero-order valence-electron chi connectivity index (χ0n) is 21.0. The van der Waals surface area contributed by atoms with Gasteiger partial charge in [-0.05, 0) is 55.8 Å². The Morgan fingerprint density at radius 1 is 1.03 bits per heavy atom. The number of guanidine groups is 1. The average Bonchev–Trinajstić information content (AvgIpc) is 2.82. The Hall–Kier alpha value is -4.65. The van der Waals surface area contributed by atoms with E-state index in [2.05, 4.69) is 40.3 Å². The molecule has 5 N–H and O–H groups in total. The maximum Gasteiger partial charge on any atom is 0.416 e. The summed E-state index contributed by atoms with van der Waals surface area (Å²) >= 11 is 0. The second-order valence-electron chi connectivity index (χ2n) is 7.31. The highest BCUT2D eigenvalue weighted by Gasteiger charge is 2.31. The number of aryl methyl sites for hydroxylation is 1. The number of halogens is 3. The minimum atomic E-state index is -4.73. The summed E-state index contributed by atoms with van der Waals surface area (Å²) in [6.07, 6.45) is -3.37. The molecule has 37 heavy (non-hydrogen) atoms. The van der Waals surface area contributed by atoms with Gasteiger partial charge >= 0.3 is 6.18 Å². The molecule has 0 aliphatic heterocycles. The highest BCUT2D eigenvalue weighted by Crippen LogP contribution is 2.30. The topological polar surface area (TPSA) is 123 Å². The van der Waals surface area contributed by atoms with Crippen LogP contribution < -0.4 is 16.8 Å². The number of aliphatic imine (C=N–C) groups is 2. The Morgan fingerprint density at radius 3 is 2.19 bits per heavy atom. The molecule has 2 amide bonds. The maximum atomic E-state index is 13.3. The molecule has 0 fully saturated rings. The van der Waals surface area contributed by atoms with E-state index >= 15 is 0 Å². The van der Waals surface area contributed by atoms with Crippen LogP contribution in [-0.4, -0.2) is 23.6 Å². The van der Waals surface area contributed by atoms with Gasteiger partial charge in [0.05, 0.1) is 5.56 Å². The molecule has 0 unspecified atom stereocenters. The van der Waals surface area contributed by atoms with Gasteiger partial charge in [0.1, 0.15) is 5.84 Å². The molecule has 10 heteroatoms. The Labute approximate surface area is 213 Å². The van der Waals surface area contributed by atoms with Crippen molar-refractivity contribution < 1.29 is 22.8 Å². The summed E-state index contributed by atoms with van der Waals surface area (Å²) in [4.78, 5) is 32.1. The standard InChI is InChI=1S/C25H22F3N5O2.C2H6/c1-5-21(31-14(2)3)32-23(35)20-12-16(7-6-15(20)4)8-9-17-10-18(22(34)33-24(29)30)13-19(11-17)25(26,27)28;1-2/h5-7,10-13H,1-2H2,3-4H3,(H,31,32,35)(H4,29,30,33,34);1-2H3. The quantitative estimate of drug-likeness (QED) is 0.313. The number of nitrogens with one attached hydrogen (secondary N) is 1. The monoisotopic (exact) mass is 511 g/mol. The zero-order chi connectivity index (χ0) is 28.3. The van der Waals surface area contributed by atoms with Crippen molar-refractivity contribution in [1.29, 1.82) is 0 Å². The molecule has 0 saturated carbocycles. The van der Waals surface area contributed by atoms with Crippen molar-refractivity contribution in [1.82, 2.24) is 5.32 Å². The van der Waals surface area contributed by atoms with E-state index < -0.39 is 29.5 Å². The lowest BCUT2D eigenvalue weighted by Crippen LogP contribution is -2.29. The lowest BCUT2D eigenvalue weighted by Gasteiger charge is -2.09. The number of amidine groups is 1. The van der Waals surface area contributed by atoms with E-state index in [1.807, 2.05) is 13.8 Å². The molecule has 194 valence electrons. The van der Waals surface area contributed by atoms with E-state index in [1.54, 1.807) is 26.0 Å². The van der Waals surface area contributed by atoms with Crippen LogP contribution in [0.25, 0.3) is 0 Å². The summed E-state index contributed by atoms with van der Waals surface area (Å²) in [6, 6.07) is 7.31. The highest BCUT2D eigenvalue weighted by molar-refractivity contribution is 6.11. The fraction of sp³-hybridized carbons (Fsp3) is 0.185. The second kappa shape index (κ2) is 13.4. The average molecular weight is 512 g/mol. The number of nitrogens with two attached hydrogens (primary N) is 2. The van der Waals surface area contributed by atoms with Gasteiger partial charge in [-0.2, -0.15) is 18.2 Å². The van der Waals surface area contributed by atoms with Gasteiger partial charge in [-0.3, -0.25) is 9.59 Å². The van der Waals surface area contributed by atoms with Gasteiger partial charge in [0.25, 0.3) is 11.8 Å². The number of alkyl halides is 3. The molecule has 0 heterocycles. The second-order valence-corrected chi connectivity index (χ2v) is 7.31. The van der Waals surface area contributed by atoms with E-state index in [4.69, 9.17) is 11.5 Å². The van der Waals surface area contributed by atoms with Crippen LogP contribution in [0.2, 0.25) is 0 Å². The first-order valence-electron chi connectivity index (χ1n) is 11.0. The first-order chi connectivity index (χ1) is 17.3. The number of carbonyl (C=O) groups excluding carboxylic acids is 2. The number of nitrogens with zero attached hydrogens (tertiary/aromatic N) is 2. The minimum Gasteiger partial charge on any atom is -0.370 e. The molecule has 7 nitrogen and oxygen atoms in total. The third kappa shape index (κ3) is 9.49. The van der Waals surface area contributed by atoms with E-state index in [1.165, 1.54) is 12.1 Å². The van der Waals surface area contributed by atoms with Gasteiger partial charge in [0.2, 0.25) is 0 Å². The fourth-order valence-electron chi connectivity index (χ4n) is 2.77. The van der Waals surface area contributed by atoms with Gasteiger partial charge < -0.3 is 16.8 Å². The summed E-state index contributed by atoms with van der Waals surface area (Å²) in [5.74, 6) is 3.41. The summed E-state index contributed by atoms with van der Waals surface area (Å²) in [5, 5.41) is 2.60. The third-order valence-electron chi connectivity index (χ3n) is 4.32. The van der Waals surface area contributed by atoms with E-state index in [0.717, 1.165) is 12.1 Å². The van der Waals surface area contributed by atoms with Crippen molar-refractivity contribution in [3.8, 4) is 11.8 Å². The highest BCUT2D eigenvalue weighted by atomic mass is 19.4. The molecule has 0 aliphatic rings. The van der Waals surface area contributed by atoms with Gasteiger partial charge in [-0.15, -0.1) is 0 Å². The first kappa shape index (κ1) is 30.4. The van der Waals surface area contributed by atoms with Crippen LogP contribution in [-0.2, 0) is 6.18 Å². The van der Waals surface area contributed by atoms with Crippen molar-refractivity contribution in [2.75, 3.05) is 0 Å². The van der Waals surface area contributed by atoms with Crippen molar-refractivity contribution in [2.45, 2.75) is 33.9 Å². The lowest BCUT2D eigenvalue weighted by atomic mass is 10.0. The molecule has 2 rings (SSSR count). The fourth-order valence-corrected chi connectivity index (χ4v) is 2.77. The number of carbonyl (C=O) groups is 2. The number of hydrogen-bond acceptors (Lipinski definition) is 3. The van der Waals surface area contributed by atoms with Gasteiger partial charge in [-0.25, -0.2) is 4.99 Å². The normalized spacial score (nSPS) is 10.6. The minimum absolute atomic E-state index is 0.0944. The molecule has 2 aromatic carbocycles. The van der Waals surface area contributed by atoms with E-state index in [0.29, 0.717) is 22.9 Å². The maximum absolute atomic E-state index is 13.3. The number of rotatable bonds is 4. The zero-order valence-corrected chi connectivity index (χ0v) is 21.0. The van der Waals surface area contributed by atoms with Crippen LogP contribution in [0, 0.1) is 18.8 Å². The van der Waals surface area contributed by atoms with Crippen LogP contribution in [0.3, 0.4) is 0 Å². The summed E-state index contributed by atoms with van der Waals surface area (Å²) in [5.41, 5.74) is 10.5. The number of amides is 2. The Kier molecular flexibility index (Phi) is 11.0. The smallest absolute Gasteiger partial charge is 0.370 e. The summed E-state index contributed by atoms with van der Waals surface area (Å²) in [7, 11) is 0. The molecule has 2 aromatic rings. The molecular weight excluding hydrogens is 483 g/mol. The molecule has 0 saturated heterocycles. The van der Waals surface area contributed by atoms with Crippen molar-refractivity contribution >= 4 is 23.6 Å². The summed E-state index contributed by atoms with van der Waals surface area (Å²) in [6.45, 7) is 14.6. The van der Waals surface area contributed by atoms with Crippen molar-refractivity contribution in [2.24, 2.45) is 21.5 Å². The largest absolute Gasteiger partial charge is 0.416 e. The predicted octanol–water partition coefficient (Wildman–Crippen LogP) is 4.70. The molecule has 0 spiro atoms. The predicted molar refractivity (Wildman–Crippen MR) is 140 cm³/mol. The molecule has 0 atom stereocenters. The Morgan fingerprint density at radius 2 is 1.65 bits per heavy atom. The van der Waals surface area contributed by atoms with E-state index in [9.17, 15) is 22.8 Å². The van der Waals surface area contributed by atoms with E-state index in [-0.39, 0.29) is 22.5 Å². The molecule has 0 aliphatic carbocycles. The van der Waals surface area contributed by atoms with Crippen LogP contribution in [0.5, 0.6) is 0 Å².